The van der Waals surface area contributed by atoms with E-state index in [9.17, 15) is 10.1 Å². The number of nitrogens with zero attached hydrogens (tertiary/aromatic N) is 2. The van der Waals surface area contributed by atoms with Crippen LogP contribution in [0.3, 0.4) is 0 Å². The standard InChI is InChI=1S/C26H23N3O2/c27-16-15-23(21-9-5-2-6-10-21)17-26(30)29-25(18-28)22-11-13-24(14-12-22)31-19-20-7-3-1-4-8-20/h1-14,23,25H,15,17,19H2,(H,29,30). The number of carbonyl (C=O) groups excluding carboxylic acids is 1. The predicted molar refractivity (Wildman–Crippen MR) is 118 cm³/mol. The van der Waals surface area contributed by atoms with E-state index in [0.29, 0.717) is 17.9 Å². The maximum atomic E-state index is 12.6. The Morgan fingerprint density at radius 1 is 0.871 bits per heavy atom. The molecule has 0 fully saturated rings. The van der Waals surface area contributed by atoms with E-state index < -0.39 is 6.04 Å². The van der Waals surface area contributed by atoms with Crippen LogP contribution in [0.15, 0.2) is 84.9 Å². The van der Waals surface area contributed by atoms with Gasteiger partial charge in [0.2, 0.25) is 5.91 Å². The first kappa shape index (κ1) is 21.6. The summed E-state index contributed by atoms with van der Waals surface area (Å²) in [4.78, 5) is 12.6. The number of nitriles is 2. The van der Waals surface area contributed by atoms with Crippen molar-refractivity contribution in [2.24, 2.45) is 0 Å². The van der Waals surface area contributed by atoms with Crippen molar-refractivity contribution in [3.05, 3.63) is 102 Å². The summed E-state index contributed by atoms with van der Waals surface area (Å²) in [6, 6.07) is 30.0. The normalized spacial score (nSPS) is 12.1. The minimum Gasteiger partial charge on any atom is -0.489 e. The number of hydrogen-bond donors (Lipinski definition) is 1. The van der Waals surface area contributed by atoms with Gasteiger partial charge in [-0.1, -0.05) is 72.8 Å². The van der Waals surface area contributed by atoms with E-state index in [1.165, 1.54) is 0 Å². The van der Waals surface area contributed by atoms with Gasteiger partial charge in [0.15, 0.2) is 0 Å². The van der Waals surface area contributed by atoms with E-state index >= 15 is 0 Å². The van der Waals surface area contributed by atoms with Crippen LogP contribution in [0.2, 0.25) is 0 Å². The molecule has 2 unspecified atom stereocenters. The van der Waals surface area contributed by atoms with Crippen molar-refractivity contribution in [1.29, 1.82) is 10.5 Å². The lowest BCUT2D eigenvalue weighted by atomic mass is 9.92. The van der Waals surface area contributed by atoms with Crippen LogP contribution in [0, 0.1) is 22.7 Å². The van der Waals surface area contributed by atoms with Gasteiger partial charge in [0.1, 0.15) is 18.4 Å². The van der Waals surface area contributed by atoms with Gasteiger partial charge in [0.05, 0.1) is 12.1 Å². The zero-order valence-corrected chi connectivity index (χ0v) is 17.1. The molecule has 0 bridgehead atoms. The third-order valence-electron chi connectivity index (χ3n) is 4.94. The molecule has 0 aliphatic carbocycles. The van der Waals surface area contributed by atoms with E-state index in [2.05, 4.69) is 17.5 Å². The maximum absolute atomic E-state index is 12.6. The van der Waals surface area contributed by atoms with E-state index in [4.69, 9.17) is 10.00 Å². The van der Waals surface area contributed by atoms with Gasteiger partial charge in [0, 0.05) is 18.8 Å². The van der Waals surface area contributed by atoms with Crippen LogP contribution in [-0.2, 0) is 11.4 Å². The van der Waals surface area contributed by atoms with Gasteiger partial charge in [-0.25, -0.2) is 0 Å². The van der Waals surface area contributed by atoms with E-state index in [1.54, 1.807) is 24.3 Å². The molecule has 0 saturated heterocycles. The summed E-state index contributed by atoms with van der Waals surface area (Å²) in [5.41, 5.74) is 2.69. The van der Waals surface area contributed by atoms with Crippen molar-refractivity contribution < 1.29 is 9.53 Å². The van der Waals surface area contributed by atoms with Gasteiger partial charge in [-0.3, -0.25) is 4.79 Å². The highest BCUT2D eigenvalue weighted by molar-refractivity contribution is 5.78. The summed E-state index contributed by atoms with van der Waals surface area (Å²) in [5, 5.41) is 21.4. The predicted octanol–water partition coefficient (Wildman–Crippen LogP) is 5.03. The third-order valence-corrected chi connectivity index (χ3v) is 4.94. The van der Waals surface area contributed by atoms with Gasteiger partial charge >= 0.3 is 0 Å². The number of nitrogens with one attached hydrogen (secondary N) is 1. The lowest BCUT2D eigenvalue weighted by Gasteiger charge is -2.17. The molecule has 154 valence electrons. The molecule has 0 heterocycles. The van der Waals surface area contributed by atoms with Crippen molar-refractivity contribution >= 4 is 5.91 Å². The molecule has 5 nitrogen and oxygen atoms in total. The average Bonchev–Trinajstić information content (AvgIpc) is 2.82. The number of rotatable bonds is 9. The molecule has 1 N–H and O–H groups in total. The fraction of sp³-hybridized carbons (Fsp3) is 0.192. The van der Waals surface area contributed by atoms with E-state index in [-0.39, 0.29) is 24.7 Å². The number of benzene rings is 3. The van der Waals surface area contributed by atoms with Crippen molar-refractivity contribution in [3.8, 4) is 17.9 Å². The minimum atomic E-state index is -0.769. The second-order valence-electron chi connectivity index (χ2n) is 7.15. The van der Waals surface area contributed by atoms with Gasteiger partial charge in [-0.15, -0.1) is 0 Å². The van der Waals surface area contributed by atoms with Crippen LogP contribution in [-0.4, -0.2) is 5.91 Å². The van der Waals surface area contributed by atoms with Gasteiger partial charge < -0.3 is 10.1 Å². The quantitative estimate of drug-likeness (QED) is 0.537. The first-order chi connectivity index (χ1) is 15.2. The molecule has 0 radical (unpaired) electrons. The second-order valence-corrected chi connectivity index (χ2v) is 7.15. The van der Waals surface area contributed by atoms with E-state index in [1.807, 2.05) is 60.7 Å². The number of amides is 1. The molecule has 1 amide bonds. The summed E-state index contributed by atoms with van der Waals surface area (Å²) >= 11 is 0. The van der Waals surface area contributed by atoms with Crippen LogP contribution >= 0.6 is 0 Å². The average molecular weight is 409 g/mol. The van der Waals surface area contributed by atoms with Gasteiger partial charge in [-0.05, 0) is 28.8 Å². The number of hydrogen-bond acceptors (Lipinski definition) is 4. The first-order valence-electron chi connectivity index (χ1n) is 10.1. The van der Waals surface area contributed by atoms with Gasteiger partial charge in [0.25, 0.3) is 0 Å². The Hall–Kier alpha value is -4.09. The molecule has 0 aromatic heterocycles. The largest absolute Gasteiger partial charge is 0.489 e. The zero-order chi connectivity index (χ0) is 21.9. The summed E-state index contributed by atoms with van der Waals surface area (Å²) in [5.74, 6) is 0.216. The SMILES string of the molecule is N#CCC(CC(=O)NC(C#N)c1ccc(OCc2ccccc2)cc1)c1ccccc1. The molecule has 0 aliphatic heterocycles. The minimum absolute atomic E-state index is 0.147. The molecule has 3 aromatic carbocycles. The molecule has 31 heavy (non-hydrogen) atoms. The van der Waals surface area contributed by atoms with Crippen molar-refractivity contribution in [2.45, 2.75) is 31.4 Å². The number of ether oxygens (including phenoxy) is 1. The smallest absolute Gasteiger partial charge is 0.221 e. The van der Waals surface area contributed by atoms with Crippen LogP contribution in [0.4, 0.5) is 0 Å². The highest BCUT2D eigenvalue weighted by Crippen LogP contribution is 2.24. The Bertz CT molecular complexity index is 1050. The van der Waals surface area contributed by atoms with Crippen LogP contribution in [0.5, 0.6) is 5.75 Å². The Balaban J connectivity index is 1.59. The Morgan fingerprint density at radius 3 is 2.13 bits per heavy atom. The lowest BCUT2D eigenvalue weighted by Crippen LogP contribution is -2.28. The monoisotopic (exact) mass is 409 g/mol. The van der Waals surface area contributed by atoms with Crippen LogP contribution in [0.25, 0.3) is 0 Å². The van der Waals surface area contributed by atoms with Crippen LogP contribution in [0.1, 0.15) is 41.5 Å². The molecule has 2 atom stereocenters. The molecule has 3 rings (SSSR count). The fourth-order valence-electron chi connectivity index (χ4n) is 3.27. The zero-order valence-electron chi connectivity index (χ0n) is 17.1. The van der Waals surface area contributed by atoms with Gasteiger partial charge in [-0.2, -0.15) is 10.5 Å². The second kappa shape index (κ2) is 11.2. The molecular formula is C26H23N3O2. The van der Waals surface area contributed by atoms with Crippen molar-refractivity contribution in [3.63, 3.8) is 0 Å². The third kappa shape index (κ3) is 6.45. The Labute approximate surface area is 182 Å². The molecule has 0 aliphatic rings. The highest BCUT2D eigenvalue weighted by atomic mass is 16.5. The van der Waals surface area contributed by atoms with E-state index in [0.717, 1.165) is 11.1 Å². The van der Waals surface area contributed by atoms with Crippen LogP contribution < -0.4 is 10.1 Å². The molecule has 3 aromatic rings. The highest BCUT2D eigenvalue weighted by Gasteiger charge is 2.19. The summed E-state index contributed by atoms with van der Waals surface area (Å²) in [6.07, 6.45) is 0.385. The summed E-state index contributed by atoms with van der Waals surface area (Å²) in [6.45, 7) is 0.457. The fourth-order valence-corrected chi connectivity index (χ4v) is 3.27. The molecule has 0 spiro atoms. The summed E-state index contributed by atoms with van der Waals surface area (Å²) < 4.78 is 5.77. The lowest BCUT2D eigenvalue weighted by molar-refractivity contribution is -0.121. The molecule has 0 saturated carbocycles. The number of carbonyl (C=O) groups is 1. The first-order valence-corrected chi connectivity index (χ1v) is 10.1. The molecular weight excluding hydrogens is 386 g/mol. The Morgan fingerprint density at radius 2 is 1.52 bits per heavy atom. The summed E-state index contributed by atoms with van der Waals surface area (Å²) in [7, 11) is 0. The van der Waals surface area contributed by atoms with Crippen molar-refractivity contribution in [1.82, 2.24) is 5.32 Å². The topological polar surface area (TPSA) is 85.9 Å². The van der Waals surface area contributed by atoms with Crippen molar-refractivity contribution in [2.75, 3.05) is 0 Å². The molecule has 5 heteroatoms. The Kier molecular flexibility index (Phi) is 7.80. The maximum Gasteiger partial charge on any atom is 0.221 e.